The lowest BCUT2D eigenvalue weighted by Gasteiger charge is -2.24. The van der Waals surface area contributed by atoms with Gasteiger partial charge < -0.3 is 5.32 Å². The van der Waals surface area contributed by atoms with Crippen LogP contribution in [0, 0.1) is 5.92 Å². The van der Waals surface area contributed by atoms with Crippen molar-refractivity contribution >= 4 is 33.1 Å². The number of halogens is 2. The minimum Gasteiger partial charge on any atom is -0.310 e. The lowest BCUT2D eigenvalue weighted by Crippen LogP contribution is -2.27. The summed E-state index contributed by atoms with van der Waals surface area (Å²) in [7, 11) is 0. The van der Waals surface area contributed by atoms with Crippen molar-refractivity contribution < 1.29 is 0 Å². The number of nitrogens with zero attached hydrogens (tertiary/aromatic N) is 1. The lowest BCUT2D eigenvalue weighted by molar-refractivity contribution is 0.465. The van der Waals surface area contributed by atoms with Crippen molar-refractivity contribution in [3.63, 3.8) is 0 Å². The largest absolute Gasteiger partial charge is 0.310 e. The van der Waals surface area contributed by atoms with Crippen LogP contribution in [0.25, 0.3) is 5.57 Å². The van der Waals surface area contributed by atoms with Crippen molar-refractivity contribution in [1.29, 1.82) is 0 Å². The van der Waals surface area contributed by atoms with E-state index in [1.807, 2.05) is 12.3 Å². The van der Waals surface area contributed by atoms with E-state index in [0.717, 1.165) is 29.1 Å². The molecule has 2 heterocycles. The monoisotopic (exact) mass is 312 g/mol. The van der Waals surface area contributed by atoms with Gasteiger partial charge in [0.05, 0.1) is 5.02 Å². The van der Waals surface area contributed by atoms with Crippen molar-refractivity contribution in [2.45, 2.75) is 25.3 Å². The fourth-order valence-electron chi connectivity index (χ4n) is 2.78. The minimum absolute atomic E-state index is 0.557. The molecule has 2 atom stereocenters. The molecule has 1 saturated heterocycles. The number of pyridine rings is 1. The molecule has 0 aromatic carbocycles. The molecule has 0 bridgehead atoms. The molecule has 0 spiro atoms. The van der Waals surface area contributed by atoms with Crippen LogP contribution >= 0.6 is 27.5 Å². The number of nitrogens with one attached hydrogen (secondary N) is 1. The molecule has 1 aliphatic heterocycles. The third kappa shape index (κ3) is 2.28. The highest BCUT2D eigenvalue weighted by Crippen LogP contribution is 2.35. The van der Waals surface area contributed by atoms with Gasteiger partial charge >= 0.3 is 0 Å². The molecule has 0 unspecified atom stereocenters. The predicted octanol–water partition coefficient (Wildman–Crippen LogP) is 3.65. The summed E-state index contributed by atoms with van der Waals surface area (Å²) in [6, 6.07) is 2.56. The van der Waals surface area contributed by atoms with E-state index in [1.165, 1.54) is 18.4 Å². The molecule has 90 valence electrons. The van der Waals surface area contributed by atoms with E-state index in [-0.39, 0.29) is 0 Å². The van der Waals surface area contributed by atoms with Crippen LogP contribution in [-0.4, -0.2) is 17.6 Å². The second-order valence-corrected chi connectivity index (χ2v) is 5.91. The second-order valence-electron chi connectivity index (χ2n) is 4.76. The van der Waals surface area contributed by atoms with Crippen LogP contribution in [0.15, 0.2) is 22.9 Å². The molecular formula is C13H14BrClN2. The number of hydrogen-bond donors (Lipinski definition) is 1. The van der Waals surface area contributed by atoms with Gasteiger partial charge in [0.2, 0.25) is 0 Å². The Hall–Kier alpha value is -0.380. The van der Waals surface area contributed by atoms with Gasteiger partial charge in [0.1, 0.15) is 4.60 Å². The topological polar surface area (TPSA) is 24.9 Å². The van der Waals surface area contributed by atoms with Crippen LogP contribution < -0.4 is 5.32 Å². The Morgan fingerprint density at radius 1 is 1.41 bits per heavy atom. The molecule has 1 aliphatic carbocycles. The summed E-state index contributed by atoms with van der Waals surface area (Å²) in [4.78, 5) is 4.26. The van der Waals surface area contributed by atoms with Crippen LogP contribution in [0.4, 0.5) is 0 Å². The Balaban J connectivity index is 1.91. The van der Waals surface area contributed by atoms with E-state index < -0.39 is 0 Å². The van der Waals surface area contributed by atoms with Gasteiger partial charge in [-0.15, -0.1) is 0 Å². The molecule has 1 aromatic heterocycles. The van der Waals surface area contributed by atoms with Gasteiger partial charge in [0.15, 0.2) is 0 Å². The van der Waals surface area contributed by atoms with Gasteiger partial charge in [-0.2, -0.15) is 0 Å². The van der Waals surface area contributed by atoms with Crippen LogP contribution in [0.5, 0.6) is 0 Å². The van der Waals surface area contributed by atoms with Gasteiger partial charge in [-0.3, -0.25) is 0 Å². The highest BCUT2D eigenvalue weighted by Gasteiger charge is 2.28. The zero-order valence-corrected chi connectivity index (χ0v) is 11.8. The van der Waals surface area contributed by atoms with Crippen molar-refractivity contribution in [1.82, 2.24) is 10.3 Å². The summed E-state index contributed by atoms with van der Waals surface area (Å²) in [6.07, 6.45) is 7.99. The van der Waals surface area contributed by atoms with Crippen molar-refractivity contribution in [2.75, 3.05) is 6.54 Å². The molecule has 2 nitrogen and oxygen atoms in total. The molecule has 1 N–H and O–H groups in total. The standard InChI is InChI=1S/C13H14BrClN2/c14-13-11(15)5-10(7-17-13)9-2-1-8-3-4-16-12(8)6-9/h5-8,12,16H,1-4H2/t8-,12-/m0/s1. The average Bonchev–Trinajstić information content (AvgIpc) is 2.79. The first kappa shape index (κ1) is 11.7. The number of fused-ring (bicyclic) bond motifs is 1. The summed E-state index contributed by atoms with van der Waals surface area (Å²) in [6.45, 7) is 1.15. The molecule has 1 fully saturated rings. The Morgan fingerprint density at radius 2 is 2.29 bits per heavy atom. The molecule has 1 aromatic rings. The number of rotatable bonds is 1. The van der Waals surface area contributed by atoms with E-state index in [0.29, 0.717) is 11.1 Å². The van der Waals surface area contributed by atoms with Crippen LogP contribution in [-0.2, 0) is 0 Å². The first-order valence-electron chi connectivity index (χ1n) is 5.99. The van der Waals surface area contributed by atoms with Crippen LogP contribution in [0.1, 0.15) is 24.8 Å². The normalized spacial score (nSPS) is 27.8. The van der Waals surface area contributed by atoms with E-state index >= 15 is 0 Å². The Labute approximate surface area is 115 Å². The third-order valence-electron chi connectivity index (χ3n) is 3.74. The van der Waals surface area contributed by atoms with Crippen molar-refractivity contribution in [3.05, 3.63) is 33.5 Å². The van der Waals surface area contributed by atoms with Gasteiger partial charge in [-0.1, -0.05) is 17.7 Å². The summed E-state index contributed by atoms with van der Waals surface area (Å²) >= 11 is 9.42. The zero-order valence-electron chi connectivity index (χ0n) is 9.42. The number of aromatic nitrogens is 1. The molecule has 4 heteroatoms. The van der Waals surface area contributed by atoms with E-state index in [2.05, 4.69) is 32.3 Å². The van der Waals surface area contributed by atoms with E-state index in [9.17, 15) is 0 Å². The minimum atomic E-state index is 0.557. The molecule has 17 heavy (non-hydrogen) atoms. The fourth-order valence-corrected chi connectivity index (χ4v) is 3.16. The fraction of sp³-hybridized carbons (Fsp3) is 0.462. The maximum Gasteiger partial charge on any atom is 0.124 e. The number of hydrogen-bond acceptors (Lipinski definition) is 2. The summed E-state index contributed by atoms with van der Waals surface area (Å²) in [5, 5.41) is 4.23. The molecule has 2 aliphatic rings. The van der Waals surface area contributed by atoms with Gasteiger partial charge in [-0.25, -0.2) is 4.98 Å². The molecule has 0 amide bonds. The first-order chi connectivity index (χ1) is 8.24. The van der Waals surface area contributed by atoms with E-state index in [4.69, 9.17) is 11.6 Å². The quantitative estimate of drug-likeness (QED) is 0.801. The smallest absolute Gasteiger partial charge is 0.124 e. The third-order valence-corrected chi connectivity index (χ3v) is 4.88. The molecule has 3 rings (SSSR count). The Morgan fingerprint density at radius 3 is 3.12 bits per heavy atom. The second kappa shape index (κ2) is 4.71. The highest BCUT2D eigenvalue weighted by atomic mass is 79.9. The Bertz CT molecular complexity index is 472. The van der Waals surface area contributed by atoms with Crippen LogP contribution in [0.3, 0.4) is 0 Å². The average molecular weight is 314 g/mol. The zero-order chi connectivity index (χ0) is 11.8. The SMILES string of the molecule is Clc1cc(C2=C[C@@H]3NCC[C@@H]3CC2)cnc1Br. The summed E-state index contributed by atoms with van der Waals surface area (Å²) in [5.41, 5.74) is 2.54. The van der Waals surface area contributed by atoms with Gasteiger partial charge in [0.25, 0.3) is 0 Å². The summed E-state index contributed by atoms with van der Waals surface area (Å²) < 4.78 is 0.719. The first-order valence-corrected chi connectivity index (χ1v) is 7.16. The summed E-state index contributed by atoms with van der Waals surface area (Å²) in [5.74, 6) is 0.831. The van der Waals surface area contributed by atoms with E-state index in [1.54, 1.807) is 0 Å². The molecular weight excluding hydrogens is 300 g/mol. The van der Waals surface area contributed by atoms with Crippen molar-refractivity contribution in [3.8, 4) is 0 Å². The van der Waals surface area contributed by atoms with Gasteiger partial charge in [0, 0.05) is 12.2 Å². The maximum absolute atomic E-state index is 6.09. The predicted molar refractivity (Wildman–Crippen MR) is 74.1 cm³/mol. The lowest BCUT2D eigenvalue weighted by atomic mass is 9.84. The highest BCUT2D eigenvalue weighted by molar-refractivity contribution is 9.10. The Kier molecular flexibility index (Phi) is 3.24. The van der Waals surface area contributed by atoms with Crippen molar-refractivity contribution in [2.24, 2.45) is 5.92 Å². The molecule has 0 saturated carbocycles. The maximum atomic E-state index is 6.09. The molecule has 0 radical (unpaired) electrons. The van der Waals surface area contributed by atoms with Crippen LogP contribution in [0.2, 0.25) is 5.02 Å². The van der Waals surface area contributed by atoms with Gasteiger partial charge in [-0.05, 0) is 64.9 Å². The number of allylic oxidation sites excluding steroid dienone is 1.